The number of hydrogen-bond donors (Lipinski definition) is 0. The van der Waals surface area contributed by atoms with Crippen LogP contribution in [0.25, 0.3) is 0 Å². The summed E-state index contributed by atoms with van der Waals surface area (Å²) in [6.07, 6.45) is -0.710. The van der Waals surface area contributed by atoms with Gasteiger partial charge in [-0.1, -0.05) is 30.3 Å². The van der Waals surface area contributed by atoms with Crippen LogP contribution in [-0.4, -0.2) is 5.66 Å². The van der Waals surface area contributed by atoms with Crippen LogP contribution in [0.4, 0.5) is 8.78 Å². The molecule has 0 saturated carbocycles. The molecular formula is C8H7Cl2F2OP. The van der Waals surface area contributed by atoms with Crippen LogP contribution in [0.15, 0.2) is 30.3 Å². The van der Waals surface area contributed by atoms with Crippen molar-refractivity contribution in [3.8, 4) is 0 Å². The van der Waals surface area contributed by atoms with E-state index in [0.29, 0.717) is 5.56 Å². The molecule has 0 N–H and O–H groups in total. The summed E-state index contributed by atoms with van der Waals surface area (Å²) in [5.41, 5.74) is -3.23. The summed E-state index contributed by atoms with van der Waals surface area (Å²) < 4.78 is 37.0. The van der Waals surface area contributed by atoms with Crippen molar-refractivity contribution in [2.45, 2.75) is 12.1 Å². The number of benzene rings is 1. The van der Waals surface area contributed by atoms with E-state index >= 15 is 0 Å². The molecule has 0 unspecified atom stereocenters. The molecule has 0 spiro atoms. The Bertz CT molecular complexity index is 350. The average molecular weight is 259 g/mol. The first-order valence-corrected chi connectivity index (χ1v) is 7.26. The molecule has 0 saturated heterocycles. The van der Waals surface area contributed by atoms with Crippen LogP contribution in [0.3, 0.4) is 0 Å². The zero-order valence-corrected chi connectivity index (χ0v) is 9.37. The Kier molecular flexibility index (Phi) is 3.57. The lowest BCUT2D eigenvalue weighted by atomic mass is 10.2. The normalized spacial score (nSPS) is 12.9. The van der Waals surface area contributed by atoms with Gasteiger partial charge in [0.1, 0.15) is 0 Å². The third-order valence-electron chi connectivity index (χ3n) is 1.64. The van der Waals surface area contributed by atoms with E-state index in [1.807, 2.05) is 0 Å². The second-order valence-corrected chi connectivity index (χ2v) is 7.74. The number of hydrogen-bond acceptors (Lipinski definition) is 1. The summed E-state index contributed by atoms with van der Waals surface area (Å²) in [4.78, 5) is 0. The van der Waals surface area contributed by atoms with E-state index in [2.05, 4.69) is 0 Å². The van der Waals surface area contributed by atoms with Gasteiger partial charge in [-0.05, 0) is 28.0 Å². The lowest BCUT2D eigenvalue weighted by Gasteiger charge is -2.16. The van der Waals surface area contributed by atoms with Crippen molar-refractivity contribution >= 4 is 28.3 Å². The van der Waals surface area contributed by atoms with Gasteiger partial charge in [0.25, 0.3) is 0 Å². The second kappa shape index (κ2) is 4.18. The largest absolute Gasteiger partial charge is 0.328 e. The molecule has 0 amide bonds. The topological polar surface area (TPSA) is 17.1 Å². The summed E-state index contributed by atoms with van der Waals surface area (Å²) in [5, 5.41) is 0. The van der Waals surface area contributed by atoms with Crippen molar-refractivity contribution in [1.82, 2.24) is 0 Å². The van der Waals surface area contributed by atoms with Crippen LogP contribution in [0.1, 0.15) is 5.56 Å². The molecule has 0 heterocycles. The van der Waals surface area contributed by atoms with E-state index in [-0.39, 0.29) is 0 Å². The van der Waals surface area contributed by atoms with Crippen molar-refractivity contribution in [3.05, 3.63) is 35.9 Å². The standard InChI is InChI=1S/C8H7Cl2F2OP/c9-14(10,13)8(11,12)6-7-4-2-1-3-5-7/h1-5H,6H2. The predicted octanol–water partition coefficient (Wildman–Crippen LogP) is 4.49. The monoisotopic (exact) mass is 258 g/mol. The van der Waals surface area contributed by atoms with Crippen molar-refractivity contribution in [1.29, 1.82) is 0 Å². The molecule has 0 bridgehead atoms. The predicted molar refractivity (Wildman–Crippen MR) is 54.4 cm³/mol. The first-order valence-electron chi connectivity index (χ1n) is 3.74. The molecule has 14 heavy (non-hydrogen) atoms. The molecule has 0 aliphatic rings. The van der Waals surface area contributed by atoms with Gasteiger partial charge >= 0.3 is 11.5 Å². The van der Waals surface area contributed by atoms with E-state index in [9.17, 15) is 13.3 Å². The second-order valence-electron chi connectivity index (χ2n) is 2.79. The van der Waals surface area contributed by atoms with Crippen molar-refractivity contribution in [2.75, 3.05) is 0 Å². The van der Waals surface area contributed by atoms with E-state index in [4.69, 9.17) is 22.5 Å². The van der Waals surface area contributed by atoms with Crippen LogP contribution in [0.5, 0.6) is 0 Å². The van der Waals surface area contributed by atoms with Crippen LogP contribution < -0.4 is 0 Å². The lowest BCUT2D eigenvalue weighted by molar-refractivity contribution is 0.0955. The van der Waals surface area contributed by atoms with Gasteiger partial charge in [-0.3, -0.25) is 4.57 Å². The van der Waals surface area contributed by atoms with Gasteiger partial charge in [0.15, 0.2) is 0 Å². The molecule has 1 nitrogen and oxygen atoms in total. The highest BCUT2D eigenvalue weighted by Crippen LogP contribution is 2.69. The molecule has 0 radical (unpaired) electrons. The Morgan fingerprint density at radius 3 is 2.14 bits per heavy atom. The molecule has 78 valence electrons. The van der Waals surface area contributed by atoms with Crippen molar-refractivity contribution < 1.29 is 13.3 Å². The molecular weight excluding hydrogens is 252 g/mol. The Balaban J connectivity index is 2.85. The van der Waals surface area contributed by atoms with E-state index in [1.165, 1.54) is 12.1 Å². The highest BCUT2D eigenvalue weighted by atomic mass is 35.9. The third kappa shape index (κ3) is 2.94. The Morgan fingerprint density at radius 1 is 1.21 bits per heavy atom. The van der Waals surface area contributed by atoms with E-state index < -0.39 is 17.9 Å². The van der Waals surface area contributed by atoms with Gasteiger partial charge in [0.2, 0.25) is 0 Å². The molecule has 0 aliphatic heterocycles. The number of halogens is 4. The Hall–Kier alpha value is -0.110. The van der Waals surface area contributed by atoms with Gasteiger partial charge in [-0.15, -0.1) is 0 Å². The fourth-order valence-electron chi connectivity index (χ4n) is 0.933. The summed E-state index contributed by atoms with van der Waals surface area (Å²) in [7, 11) is 0. The van der Waals surface area contributed by atoms with E-state index in [0.717, 1.165) is 0 Å². The molecule has 0 aliphatic carbocycles. The van der Waals surface area contributed by atoms with Crippen LogP contribution in [0, 0.1) is 0 Å². The smallest absolute Gasteiger partial charge is 0.283 e. The maximum absolute atomic E-state index is 13.1. The van der Waals surface area contributed by atoms with Crippen LogP contribution in [-0.2, 0) is 11.0 Å². The lowest BCUT2D eigenvalue weighted by Crippen LogP contribution is -2.15. The minimum atomic E-state index is -4.42. The summed E-state index contributed by atoms with van der Waals surface area (Å²) in [6.45, 7) is 0. The van der Waals surface area contributed by atoms with Crippen LogP contribution in [0.2, 0.25) is 0 Å². The van der Waals surface area contributed by atoms with Gasteiger partial charge in [-0.2, -0.15) is 8.78 Å². The first-order chi connectivity index (χ1) is 6.33. The molecule has 0 atom stereocenters. The van der Waals surface area contributed by atoms with Gasteiger partial charge in [-0.25, -0.2) is 0 Å². The van der Waals surface area contributed by atoms with E-state index in [1.54, 1.807) is 18.2 Å². The summed E-state index contributed by atoms with van der Waals surface area (Å²) in [6, 6.07) is 7.91. The molecule has 1 rings (SSSR count). The number of rotatable bonds is 3. The minimum Gasteiger partial charge on any atom is -0.283 e. The fraction of sp³-hybridized carbons (Fsp3) is 0.250. The molecule has 0 aromatic heterocycles. The maximum atomic E-state index is 13.1. The summed E-state index contributed by atoms with van der Waals surface area (Å²) in [5.74, 6) is -4.42. The molecule has 1 aromatic rings. The van der Waals surface area contributed by atoms with Gasteiger partial charge < -0.3 is 0 Å². The molecule has 0 fully saturated rings. The average Bonchev–Trinajstić information content (AvgIpc) is 2.03. The first kappa shape index (κ1) is 12.0. The van der Waals surface area contributed by atoms with Gasteiger partial charge in [0, 0.05) is 6.42 Å². The quantitative estimate of drug-likeness (QED) is 0.730. The SMILES string of the molecule is O=P(Cl)(Cl)C(F)(F)Cc1ccccc1. The fourth-order valence-corrected chi connectivity index (χ4v) is 1.66. The number of alkyl halides is 2. The van der Waals surface area contributed by atoms with Crippen LogP contribution >= 0.6 is 28.3 Å². The third-order valence-corrected chi connectivity index (χ3v) is 4.04. The Morgan fingerprint density at radius 2 is 1.71 bits per heavy atom. The zero-order chi connectivity index (χ0) is 10.8. The Labute approximate surface area is 90.0 Å². The summed E-state index contributed by atoms with van der Waals surface area (Å²) >= 11 is 9.89. The minimum absolute atomic E-state index is 0.346. The molecule has 1 aromatic carbocycles. The zero-order valence-electron chi connectivity index (χ0n) is 6.96. The molecule has 6 heteroatoms. The van der Waals surface area contributed by atoms with Gasteiger partial charge in [0.05, 0.1) is 0 Å². The highest BCUT2D eigenvalue weighted by molar-refractivity contribution is 8.09. The maximum Gasteiger partial charge on any atom is 0.328 e. The highest BCUT2D eigenvalue weighted by Gasteiger charge is 2.47. The van der Waals surface area contributed by atoms with Crippen molar-refractivity contribution in [3.63, 3.8) is 0 Å². The van der Waals surface area contributed by atoms with Crippen molar-refractivity contribution in [2.24, 2.45) is 0 Å².